The number of carbonyl (C=O) groups is 2. The quantitative estimate of drug-likeness (QED) is 0.613. The molecule has 1 N–H and O–H groups in total. The predicted molar refractivity (Wildman–Crippen MR) is 146 cm³/mol. The van der Waals surface area contributed by atoms with Crippen LogP contribution in [0.4, 0.5) is 5.82 Å². The van der Waals surface area contributed by atoms with E-state index in [2.05, 4.69) is 61.4 Å². The molecule has 192 valence electrons. The predicted octanol–water partition coefficient (Wildman–Crippen LogP) is 5.46. The maximum absolute atomic E-state index is 13.5. The second-order valence-electron chi connectivity index (χ2n) is 12.2. The summed E-state index contributed by atoms with van der Waals surface area (Å²) in [5, 5.41) is 2.98. The van der Waals surface area contributed by atoms with Crippen molar-refractivity contribution in [2.45, 2.75) is 83.2 Å². The van der Waals surface area contributed by atoms with Crippen LogP contribution in [0.15, 0.2) is 47.6 Å². The summed E-state index contributed by atoms with van der Waals surface area (Å²) < 4.78 is 0. The zero-order valence-corrected chi connectivity index (χ0v) is 22.1. The minimum Gasteiger partial charge on any atom is -0.310 e. The number of rotatable bonds is 3. The van der Waals surface area contributed by atoms with Crippen LogP contribution < -0.4 is 5.32 Å². The Balaban J connectivity index is 1.22. The SMILES string of the molecule is CC(C)(C)C1=NC2(CCCCCC2)N(CC=Cc2ccc3c(c2)CC2(C3)C(=O)Nc3ncccc32)C1=O. The Kier molecular flexibility index (Phi) is 5.62. The minimum atomic E-state index is -0.553. The molecular formula is C31H36N4O2. The summed E-state index contributed by atoms with van der Waals surface area (Å²) in [4.78, 5) is 38.1. The average Bonchev–Trinajstić information content (AvgIpc) is 3.38. The highest BCUT2D eigenvalue weighted by molar-refractivity contribution is 6.42. The lowest BCUT2D eigenvalue weighted by molar-refractivity contribution is -0.127. The first kappa shape index (κ1) is 24.1. The van der Waals surface area contributed by atoms with Crippen LogP contribution in [0.5, 0.6) is 0 Å². The van der Waals surface area contributed by atoms with E-state index in [1.807, 2.05) is 17.0 Å². The van der Waals surface area contributed by atoms with Crippen LogP contribution in [0.2, 0.25) is 0 Å². The molecule has 0 bridgehead atoms. The van der Waals surface area contributed by atoms with E-state index in [9.17, 15) is 9.59 Å². The molecular weight excluding hydrogens is 460 g/mol. The van der Waals surface area contributed by atoms with Crippen LogP contribution in [-0.4, -0.2) is 39.6 Å². The molecule has 0 radical (unpaired) electrons. The highest BCUT2D eigenvalue weighted by Crippen LogP contribution is 2.47. The van der Waals surface area contributed by atoms with Crippen LogP contribution in [-0.2, 0) is 27.8 Å². The first-order chi connectivity index (χ1) is 17.7. The van der Waals surface area contributed by atoms with Crippen molar-refractivity contribution in [1.82, 2.24) is 9.88 Å². The lowest BCUT2D eigenvalue weighted by Crippen LogP contribution is -2.47. The van der Waals surface area contributed by atoms with Gasteiger partial charge in [0.2, 0.25) is 5.91 Å². The molecule has 37 heavy (non-hydrogen) atoms. The number of benzene rings is 1. The maximum atomic E-state index is 13.5. The molecule has 1 fully saturated rings. The highest BCUT2D eigenvalue weighted by atomic mass is 16.2. The lowest BCUT2D eigenvalue weighted by Gasteiger charge is -2.35. The smallest absolute Gasteiger partial charge is 0.270 e. The Bertz CT molecular complexity index is 1330. The van der Waals surface area contributed by atoms with Gasteiger partial charge in [0, 0.05) is 23.7 Å². The van der Waals surface area contributed by atoms with Crippen LogP contribution >= 0.6 is 0 Å². The van der Waals surface area contributed by atoms with Gasteiger partial charge in [-0.3, -0.25) is 14.6 Å². The van der Waals surface area contributed by atoms with Crippen molar-refractivity contribution in [2.75, 3.05) is 11.9 Å². The van der Waals surface area contributed by atoms with Gasteiger partial charge in [0.25, 0.3) is 5.91 Å². The van der Waals surface area contributed by atoms with Crippen LogP contribution in [0, 0.1) is 5.41 Å². The number of nitrogens with zero attached hydrogens (tertiary/aromatic N) is 3. The second kappa shape index (κ2) is 8.64. The van der Waals surface area contributed by atoms with Gasteiger partial charge in [0.05, 0.1) is 5.41 Å². The molecule has 2 spiro atoms. The topological polar surface area (TPSA) is 74.7 Å². The third-order valence-electron chi connectivity index (χ3n) is 8.69. The summed E-state index contributed by atoms with van der Waals surface area (Å²) in [6.07, 6.45) is 13.9. The molecule has 2 amide bonds. The van der Waals surface area contributed by atoms with E-state index < -0.39 is 5.41 Å². The van der Waals surface area contributed by atoms with Crippen molar-refractivity contribution in [3.05, 3.63) is 64.9 Å². The number of anilines is 1. The normalized spacial score (nSPS) is 24.5. The standard InChI is InChI=1S/C31H36N4O2/c1-29(2,3)25-27(36)35(31(34-25)14-6-4-5-7-15-31)17-9-10-21-12-13-22-19-30(20-23(22)18-21)24-11-8-16-32-26(24)33-28(30)37/h8-13,16,18H,4-7,14-15,17,19-20H2,1-3H3,(H,32,33,37). The number of aromatic nitrogens is 1. The van der Waals surface area contributed by atoms with Gasteiger partial charge in [0.15, 0.2) is 0 Å². The van der Waals surface area contributed by atoms with E-state index in [1.54, 1.807) is 6.20 Å². The Morgan fingerprint density at radius 3 is 2.54 bits per heavy atom. The number of fused-ring (bicyclic) bond motifs is 3. The Hall–Kier alpha value is -3.28. The fourth-order valence-corrected chi connectivity index (χ4v) is 6.74. The van der Waals surface area contributed by atoms with Crippen molar-refractivity contribution in [3.8, 4) is 0 Å². The molecule has 2 aromatic rings. The van der Waals surface area contributed by atoms with E-state index in [-0.39, 0.29) is 22.9 Å². The molecule has 4 aliphatic rings. The van der Waals surface area contributed by atoms with E-state index in [4.69, 9.17) is 4.99 Å². The molecule has 6 rings (SSSR count). The lowest BCUT2D eigenvalue weighted by atomic mass is 9.79. The third-order valence-corrected chi connectivity index (χ3v) is 8.69. The van der Waals surface area contributed by atoms with E-state index in [0.717, 1.165) is 42.5 Å². The Morgan fingerprint density at radius 1 is 1.03 bits per heavy atom. The van der Waals surface area contributed by atoms with Gasteiger partial charge in [-0.05, 0) is 61.3 Å². The monoisotopic (exact) mass is 496 g/mol. The Labute approximate surface area is 219 Å². The molecule has 1 atom stereocenters. The molecule has 1 aromatic carbocycles. The number of hydrogen-bond donors (Lipinski definition) is 1. The molecule has 6 heteroatoms. The van der Waals surface area contributed by atoms with Crippen LogP contribution in [0.1, 0.15) is 81.5 Å². The largest absolute Gasteiger partial charge is 0.310 e. The number of carbonyl (C=O) groups excluding carboxylic acids is 2. The van der Waals surface area contributed by atoms with Gasteiger partial charge < -0.3 is 10.2 Å². The van der Waals surface area contributed by atoms with Crippen molar-refractivity contribution >= 4 is 29.4 Å². The van der Waals surface area contributed by atoms with Gasteiger partial charge >= 0.3 is 0 Å². The van der Waals surface area contributed by atoms with Gasteiger partial charge in [-0.15, -0.1) is 0 Å². The van der Waals surface area contributed by atoms with Crippen molar-refractivity contribution < 1.29 is 9.59 Å². The summed E-state index contributed by atoms with van der Waals surface area (Å²) in [5.74, 6) is 0.833. The van der Waals surface area contributed by atoms with Gasteiger partial charge in [-0.2, -0.15) is 0 Å². The summed E-state index contributed by atoms with van der Waals surface area (Å²) >= 11 is 0. The fraction of sp³-hybridized carbons (Fsp3) is 0.484. The maximum Gasteiger partial charge on any atom is 0.270 e. The first-order valence-corrected chi connectivity index (χ1v) is 13.7. The minimum absolute atomic E-state index is 0.0467. The highest BCUT2D eigenvalue weighted by Gasteiger charge is 2.51. The summed E-state index contributed by atoms with van der Waals surface area (Å²) in [5.41, 5.74) is 4.05. The number of pyridine rings is 1. The second-order valence-corrected chi connectivity index (χ2v) is 12.2. The third kappa shape index (κ3) is 3.92. The zero-order chi connectivity index (χ0) is 25.8. The molecule has 2 aliphatic heterocycles. The number of amides is 2. The van der Waals surface area contributed by atoms with Crippen LogP contribution in [0.3, 0.4) is 0 Å². The van der Waals surface area contributed by atoms with E-state index in [1.165, 1.54) is 24.0 Å². The molecule has 6 nitrogen and oxygen atoms in total. The van der Waals surface area contributed by atoms with Crippen molar-refractivity contribution in [2.24, 2.45) is 10.4 Å². The van der Waals surface area contributed by atoms with Gasteiger partial charge in [-0.1, -0.05) is 70.0 Å². The molecule has 1 unspecified atom stereocenters. The fourth-order valence-electron chi connectivity index (χ4n) is 6.74. The summed E-state index contributed by atoms with van der Waals surface area (Å²) in [6, 6.07) is 10.4. The number of aliphatic imine (C=N–C) groups is 1. The molecule has 2 aliphatic carbocycles. The van der Waals surface area contributed by atoms with E-state index >= 15 is 0 Å². The van der Waals surface area contributed by atoms with Gasteiger partial charge in [-0.25, -0.2) is 4.98 Å². The average molecular weight is 497 g/mol. The van der Waals surface area contributed by atoms with Crippen molar-refractivity contribution in [1.29, 1.82) is 0 Å². The first-order valence-electron chi connectivity index (χ1n) is 13.7. The zero-order valence-electron chi connectivity index (χ0n) is 22.1. The van der Waals surface area contributed by atoms with Crippen molar-refractivity contribution in [3.63, 3.8) is 0 Å². The molecule has 1 aromatic heterocycles. The molecule has 0 saturated heterocycles. The van der Waals surface area contributed by atoms with Crippen LogP contribution in [0.25, 0.3) is 6.08 Å². The number of hydrogen-bond acceptors (Lipinski definition) is 4. The van der Waals surface area contributed by atoms with Gasteiger partial charge in [0.1, 0.15) is 17.2 Å². The Morgan fingerprint density at radius 2 is 1.78 bits per heavy atom. The molecule has 3 heterocycles. The summed E-state index contributed by atoms with van der Waals surface area (Å²) in [7, 11) is 0. The number of nitrogens with one attached hydrogen (secondary N) is 1. The molecule has 1 saturated carbocycles. The summed E-state index contributed by atoms with van der Waals surface area (Å²) in [6.45, 7) is 6.82. The van der Waals surface area contributed by atoms with E-state index in [0.29, 0.717) is 25.2 Å².